The smallest absolute Gasteiger partial charge is 0.244 e. The maximum atomic E-state index is 13.8. The zero-order chi connectivity index (χ0) is 29.4. The molecule has 1 atom stereocenters. The van der Waals surface area contributed by atoms with E-state index in [0.29, 0.717) is 17.2 Å². The Bertz CT molecular complexity index is 1410. The van der Waals surface area contributed by atoms with Gasteiger partial charge in [0.15, 0.2) is 0 Å². The van der Waals surface area contributed by atoms with Crippen molar-refractivity contribution in [2.75, 3.05) is 17.1 Å². The van der Waals surface area contributed by atoms with Crippen molar-refractivity contribution in [3.05, 3.63) is 88.9 Å². The number of rotatable bonds is 11. The van der Waals surface area contributed by atoms with E-state index in [4.69, 9.17) is 4.74 Å². The quantitative estimate of drug-likeness (QED) is 0.282. The standard InChI is InChI=1S/C31H36BrN3O5S/c1-23(31(37)33-26-9-5-3-6-10-26)34(21-24-13-15-25(32)16-14-24)30(36)22-35(41(2,38)39)27-17-19-29(20-18-27)40-28-11-7-4-8-12-28/h4,7-8,11-20,23,26H,3,5-6,9-10,21-22H2,1-2H3,(H,33,37)/t23-/m0/s1. The van der Waals surface area contributed by atoms with Crippen molar-refractivity contribution in [2.24, 2.45) is 0 Å². The molecule has 0 radical (unpaired) electrons. The molecule has 1 saturated carbocycles. The molecule has 3 aromatic carbocycles. The first-order valence-corrected chi connectivity index (χ1v) is 16.4. The fourth-order valence-electron chi connectivity index (χ4n) is 4.86. The molecule has 1 aliphatic carbocycles. The summed E-state index contributed by atoms with van der Waals surface area (Å²) >= 11 is 3.42. The summed E-state index contributed by atoms with van der Waals surface area (Å²) in [6.07, 6.45) is 6.21. The van der Waals surface area contributed by atoms with Gasteiger partial charge >= 0.3 is 0 Å². The second-order valence-corrected chi connectivity index (χ2v) is 13.2. The number of hydrogen-bond donors (Lipinski definition) is 1. The average molecular weight is 643 g/mol. The third kappa shape index (κ3) is 8.81. The molecule has 0 spiro atoms. The van der Waals surface area contributed by atoms with Gasteiger partial charge in [0.1, 0.15) is 24.1 Å². The number of anilines is 1. The Balaban J connectivity index is 1.54. The summed E-state index contributed by atoms with van der Waals surface area (Å²) in [5.41, 5.74) is 1.15. The molecular formula is C31H36BrN3O5S. The maximum Gasteiger partial charge on any atom is 0.244 e. The summed E-state index contributed by atoms with van der Waals surface area (Å²) in [7, 11) is -3.83. The van der Waals surface area contributed by atoms with E-state index in [1.165, 1.54) is 4.90 Å². The third-order valence-corrected chi connectivity index (χ3v) is 8.84. The highest BCUT2D eigenvalue weighted by Crippen LogP contribution is 2.26. The van der Waals surface area contributed by atoms with Gasteiger partial charge in [-0.15, -0.1) is 0 Å². The van der Waals surface area contributed by atoms with E-state index in [2.05, 4.69) is 21.2 Å². The Morgan fingerprint density at radius 1 is 0.927 bits per heavy atom. The van der Waals surface area contributed by atoms with Gasteiger partial charge in [-0.2, -0.15) is 0 Å². The van der Waals surface area contributed by atoms with E-state index < -0.39 is 28.5 Å². The first-order chi connectivity index (χ1) is 19.6. The molecule has 0 saturated heterocycles. The number of nitrogens with zero attached hydrogens (tertiary/aromatic N) is 2. The fourth-order valence-corrected chi connectivity index (χ4v) is 5.97. The van der Waals surface area contributed by atoms with Crippen molar-refractivity contribution in [3.8, 4) is 11.5 Å². The van der Waals surface area contributed by atoms with E-state index in [-0.39, 0.29) is 18.5 Å². The van der Waals surface area contributed by atoms with E-state index >= 15 is 0 Å². The average Bonchev–Trinajstić information content (AvgIpc) is 2.96. The molecule has 0 heterocycles. The van der Waals surface area contributed by atoms with Gasteiger partial charge < -0.3 is 15.0 Å². The van der Waals surface area contributed by atoms with Gasteiger partial charge in [0, 0.05) is 17.1 Å². The largest absolute Gasteiger partial charge is 0.457 e. The number of halogens is 1. The van der Waals surface area contributed by atoms with Crippen LogP contribution >= 0.6 is 15.9 Å². The highest BCUT2D eigenvalue weighted by Gasteiger charge is 2.31. The van der Waals surface area contributed by atoms with Crippen molar-refractivity contribution >= 4 is 43.5 Å². The van der Waals surface area contributed by atoms with Crippen molar-refractivity contribution < 1.29 is 22.7 Å². The van der Waals surface area contributed by atoms with Crippen LogP contribution in [0.3, 0.4) is 0 Å². The molecule has 2 amide bonds. The van der Waals surface area contributed by atoms with Crippen LogP contribution in [0.25, 0.3) is 0 Å². The molecule has 8 nitrogen and oxygen atoms in total. The minimum atomic E-state index is -3.83. The van der Waals surface area contributed by atoms with Crippen molar-refractivity contribution in [2.45, 2.75) is 57.7 Å². The fraction of sp³-hybridized carbons (Fsp3) is 0.355. The number of ether oxygens (including phenoxy) is 1. The second-order valence-electron chi connectivity index (χ2n) is 10.3. The number of benzene rings is 3. The maximum absolute atomic E-state index is 13.8. The van der Waals surface area contributed by atoms with Crippen LogP contribution in [0.1, 0.15) is 44.6 Å². The number of hydrogen-bond acceptors (Lipinski definition) is 5. The molecule has 0 unspecified atom stereocenters. The van der Waals surface area contributed by atoms with Gasteiger partial charge in [0.2, 0.25) is 21.8 Å². The molecule has 3 aromatic rings. The summed E-state index contributed by atoms with van der Waals surface area (Å²) in [6.45, 7) is 1.40. The highest BCUT2D eigenvalue weighted by molar-refractivity contribution is 9.10. The molecule has 218 valence electrons. The first kappa shape index (κ1) is 30.6. The van der Waals surface area contributed by atoms with Crippen molar-refractivity contribution in [1.82, 2.24) is 10.2 Å². The van der Waals surface area contributed by atoms with Crippen LogP contribution in [0.5, 0.6) is 11.5 Å². The lowest BCUT2D eigenvalue weighted by Gasteiger charge is -2.33. The summed E-state index contributed by atoms with van der Waals surface area (Å²) < 4.78 is 33.5. The summed E-state index contributed by atoms with van der Waals surface area (Å²) in [6, 6.07) is 22.5. The first-order valence-electron chi connectivity index (χ1n) is 13.7. The zero-order valence-corrected chi connectivity index (χ0v) is 25.7. The Labute approximate surface area is 250 Å². The molecule has 4 rings (SSSR count). The number of sulfonamides is 1. The number of amides is 2. The van der Waals surface area contributed by atoms with Crippen molar-refractivity contribution in [1.29, 1.82) is 0 Å². The number of carbonyl (C=O) groups excluding carboxylic acids is 2. The Morgan fingerprint density at radius 2 is 1.54 bits per heavy atom. The summed E-state index contributed by atoms with van der Waals surface area (Å²) in [5.74, 6) is 0.467. The van der Waals surface area contributed by atoms with E-state index in [0.717, 1.165) is 52.7 Å². The molecule has 0 aromatic heterocycles. The lowest BCUT2D eigenvalue weighted by Crippen LogP contribution is -2.52. The van der Waals surface area contributed by atoms with Crippen LogP contribution in [0.4, 0.5) is 5.69 Å². The van der Waals surface area contributed by atoms with Crippen LogP contribution in [0.2, 0.25) is 0 Å². The van der Waals surface area contributed by atoms with Gasteiger partial charge in [-0.1, -0.05) is 65.5 Å². The summed E-state index contributed by atoms with van der Waals surface area (Å²) in [5, 5.41) is 3.10. The topological polar surface area (TPSA) is 96.0 Å². The molecule has 1 fully saturated rings. The van der Waals surface area contributed by atoms with Crippen LogP contribution in [-0.2, 0) is 26.2 Å². The van der Waals surface area contributed by atoms with E-state index in [1.54, 1.807) is 31.2 Å². The Morgan fingerprint density at radius 3 is 2.15 bits per heavy atom. The van der Waals surface area contributed by atoms with Gasteiger partial charge in [0.05, 0.1) is 11.9 Å². The molecule has 0 bridgehead atoms. The monoisotopic (exact) mass is 641 g/mol. The molecule has 1 aliphatic rings. The van der Waals surface area contributed by atoms with Crippen LogP contribution in [-0.4, -0.2) is 50.0 Å². The van der Waals surface area contributed by atoms with E-state index in [1.807, 2.05) is 54.6 Å². The van der Waals surface area contributed by atoms with Crippen LogP contribution < -0.4 is 14.4 Å². The molecular weight excluding hydrogens is 606 g/mol. The predicted molar refractivity (Wildman–Crippen MR) is 164 cm³/mol. The lowest BCUT2D eigenvalue weighted by molar-refractivity contribution is -0.139. The van der Waals surface area contributed by atoms with Gasteiger partial charge in [-0.05, 0) is 73.9 Å². The second kappa shape index (κ2) is 14.0. The van der Waals surface area contributed by atoms with E-state index in [9.17, 15) is 18.0 Å². The van der Waals surface area contributed by atoms with Gasteiger partial charge in [-0.25, -0.2) is 8.42 Å². The molecule has 0 aliphatic heterocycles. The normalized spacial score (nSPS) is 14.6. The van der Waals surface area contributed by atoms with Crippen LogP contribution in [0, 0.1) is 0 Å². The minimum Gasteiger partial charge on any atom is -0.457 e. The number of carbonyl (C=O) groups is 2. The number of para-hydroxylation sites is 1. The highest BCUT2D eigenvalue weighted by atomic mass is 79.9. The van der Waals surface area contributed by atoms with Crippen LogP contribution in [0.15, 0.2) is 83.3 Å². The molecule has 41 heavy (non-hydrogen) atoms. The lowest BCUT2D eigenvalue weighted by atomic mass is 9.95. The minimum absolute atomic E-state index is 0.0903. The summed E-state index contributed by atoms with van der Waals surface area (Å²) in [4.78, 5) is 28.5. The SMILES string of the molecule is C[C@@H](C(=O)NC1CCCCC1)N(Cc1ccc(Br)cc1)C(=O)CN(c1ccc(Oc2ccccc2)cc1)S(C)(=O)=O. The van der Waals surface area contributed by atoms with Gasteiger partial charge in [-0.3, -0.25) is 13.9 Å². The number of nitrogens with one attached hydrogen (secondary N) is 1. The van der Waals surface area contributed by atoms with Gasteiger partial charge in [0.25, 0.3) is 0 Å². The predicted octanol–water partition coefficient (Wildman–Crippen LogP) is 5.87. The molecule has 10 heteroatoms. The Kier molecular flexibility index (Phi) is 10.4. The molecule has 1 N–H and O–H groups in total. The Hall–Kier alpha value is -3.37. The zero-order valence-electron chi connectivity index (χ0n) is 23.3. The van der Waals surface area contributed by atoms with Crippen molar-refractivity contribution in [3.63, 3.8) is 0 Å². The third-order valence-electron chi connectivity index (χ3n) is 7.17.